The van der Waals surface area contributed by atoms with Crippen LogP contribution >= 0.6 is 0 Å². The zero-order valence-corrected chi connectivity index (χ0v) is 12.2. The summed E-state index contributed by atoms with van der Waals surface area (Å²) >= 11 is 0. The summed E-state index contributed by atoms with van der Waals surface area (Å²) < 4.78 is 18.7. The van der Waals surface area contributed by atoms with E-state index in [2.05, 4.69) is 6.07 Å². The van der Waals surface area contributed by atoms with Crippen molar-refractivity contribution in [2.75, 3.05) is 31.7 Å². The number of nitrogens with zero attached hydrogens (tertiary/aromatic N) is 2. The van der Waals surface area contributed by atoms with Gasteiger partial charge in [-0.25, -0.2) is 4.39 Å². The van der Waals surface area contributed by atoms with Crippen molar-refractivity contribution < 1.29 is 14.2 Å². The van der Waals surface area contributed by atoms with Crippen LogP contribution in [0.5, 0.6) is 0 Å². The molecule has 0 spiro atoms. The minimum Gasteiger partial charge on any atom is -0.389 e. The van der Waals surface area contributed by atoms with Crippen molar-refractivity contribution in [3.63, 3.8) is 0 Å². The molecule has 0 aliphatic rings. The summed E-state index contributed by atoms with van der Waals surface area (Å²) in [7, 11) is 1.61. The highest BCUT2D eigenvalue weighted by Crippen LogP contribution is 2.29. The summed E-state index contributed by atoms with van der Waals surface area (Å²) in [6.07, 6.45) is -0.411. The Morgan fingerprint density at radius 1 is 1.45 bits per heavy atom. The minimum atomic E-state index is -0.771. The molecule has 0 bridgehead atoms. The fraction of sp³-hybridized carbons (Fsp3) is 0.533. The number of benzene rings is 1. The molecule has 0 saturated heterocycles. The molecule has 20 heavy (non-hydrogen) atoms. The fourth-order valence-electron chi connectivity index (χ4n) is 2.03. The molecule has 0 radical (unpaired) electrons. The molecule has 1 aromatic carbocycles. The van der Waals surface area contributed by atoms with Gasteiger partial charge in [-0.3, -0.25) is 0 Å². The van der Waals surface area contributed by atoms with Gasteiger partial charge in [0.1, 0.15) is 5.82 Å². The van der Waals surface area contributed by atoms with Crippen LogP contribution in [0.4, 0.5) is 10.1 Å². The molecule has 0 amide bonds. The standard InChI is InChI=1S/C15H21FN2O2/c1-11-9-15(13(12(2)19)10-14(11)16)18(6-4-5-17)7-8-20-3/h9-10,12,19H,4,6-8H2,1-3H3/t12-/m0/s1. The van der Waals surface area contributed by atoms with Gasteiger partial charge in [-0.2, -0.15) is 5.26 Å². The molecule has 4 nitrogen and oxygen atoms in total. The third-order valence-electron chi connectivity index (χ3n) is 3.16. The van der Waals surface area contributed by atoms with Gasteiger partial charge in [0.05, 0.1) is 25.2 Å². The number of hydrogen-bond acceptors (Lipinski definition) is 4. The van der Waals surface area contributed by atoms with E-state index in [9.17, 15) is 9.50 Å². The Morgan fingerprint density at radius 3 is 2.70 bits per heavy atom. The van der Waals surface area contributed by atoms with Crippen LogP contribution in [0, 0.1) is 24.1 Å². The summed E-state index contributed by atoms with van der Waals surface area (Å²) in [5, 5.41) is 18.6. The summed E-state index contributed by atoms with van der Waals surface area (Å²) in [5.41, 5.74) is 1.80. The number of rotatable bonds is 7. The van der Waals surface area contributed by atoms with Crippen LogP contribution in [0.25, 0.3) is 0 Å². The molecule has 5 heteroatoms. The molecule has 1 N–H and O–H groups in total. The summed E-state index contributed by atoms with van der Waals surface area (Å²) in [4.78, 5) is 1.95. The highest BCUT2D eigenvalue weighted by atomic mass is 19.1. The van der Waals surface area contributed by atoms with E-state index >= 15 is 0 Å². The van der Waals surface area contributed by atoms with Crippen LogP contribution in [0.15, 0.2) is 12.1 Å². The van der Waals surface area contributed by atoms with Gasteiger partial charge in [0.25, 0.3) is 0 Å². The maximum absolute atomic E-state index is 13.7. The number of anilines is 1. The molecule has 0 fully saturated rings. The lowest BCUT2D eigenvalue weighted by atomic mass is 10.0. The zero-order valence-electron chi connectivity index (χ0n) is 12.2. The number of nitriles is 1. The molecule has 1 atom stereocenters. The van der Waals surface area contributed by atoms with Crippen LogP contribution in [-0.2, 0) is 4.74 Å². The third kappa shape index (κ3) is 4.19. The molecule has 1 aromatic rings. The second-order valence-corrected chi connectivity index (χ2v) is 4.72. The van der Waals surface area contributed by atoms with E-state index in [1.54, 1.807) is 27.0 Å². The number of aryl methyl sites for hydroxylation is 1. The Kier molecular flexibility index (Phi) is 6.43. The maximum atomic E-state index is 13.7. The number of methoxy groups -OCH3 is 1. The van der Waals surface area contributed by atoms with Gasteiger partial charge >= 0.3 is 0 Å². The normalized spacial score (nSPS) is 12.0. The second-order valence-electron chi connectivity index (χ2n) is 4.72. The highest BCUT2D eigenvalue weighted by molar-refractivity contribution is 5.57. The van der Waals surface area contributed by atoms with Gasteiger partial charge in [-0.1, -0.05) is 0 Å². The first-order valence-corrected chi connectivity index (χ1v) is 6.60. The summed E-state index contributed by atoms with van der Waals surface area (Å²) in [6, 6.07) is 5.18. The predicted molar refractivity (Wildman–Crippen MR) is 76.1 cm³/mol. The summed E-state index contributed by atoms with van der Waals surface area (Å²) in [6.45, 7) is 4.89. The van der Waals surface area contributed by atoms with E-state index in [0.29, 0.717) is 37.2 Å². The average molecular weight is 280 g/mol. The van der Waals surface area contributed by atoms with Gasteiger partial charge in [-0.05, 0) is 31.5 Å². The van der Waals surface area contributed by atoms with Crippen molar-refractivity contribution in [2.45, 2.75) is 26.4 Å². The molecule has 1 rings (SSSR count). The van der Waals surface area contributed by atoms with Gasteiger partial charge in [0, 0.05) is 31.5 Å². The molecule has 0 saturated carbocycles. The van der Waals surface area contributed by atoms with Crippen LogP contribution in [-0.4, -0.2) is 31.9 Å². The van der Waals surface area contributed by atoms with Crippen molar-refractivity contribution >= 4 is 5.69 Å². The van der Waals surface area contributed by atoms with Crippen molar-refractivity contribution in [3.8, 4) is 6.07 Å². The first-order chi connectivity index (χ1) is 9.51. The maximum Gasteiger partial charge on any atom is 0.126 e. The van der Waals surface area contributed by atoms with E-state index in [1.165, 1.54) is 6.07 Å². The van der Waals surface area contributed by atoms with Crippen molar-refractivity contribution in [1.82, 2.24) is 0 Å². The number of aliphatic hydroxyl groups excluding tert-OH is 1. The van der Waals surface area contributed by atoms with E-state index < -0.39 is 6.10 Å². The van der Waals surface area contributed by atoms with Crippen molar-refractivity contribution in [3.05, 3.63) is 29.1 Å². The molecule has 110 valence electrons. The minimum absolute atomic E-state index is 0.336. The van der Waals surface area contributed by atoms with Gasteiger partial charge in [0.2, 0.25) is 0 Å². The van der Waals surface area contributed by atoms with E-state index in [4.69, 9.17) is 10.00 Å². The SMILES string of the molecule is COCCN(CCC#N)c1cc(C)c(F)cc1[C@H](C)O. The van der Waals surface area contributed by atoms with Gasteiger partial charge in [-0.15, -0.1) is 0 Å². The lowest BCUT2D eigenvalue weighted by Crippen LogP contribution is -2.29. The predicted octanol–water partition coefficient (Wildman–Crippen LogP) is 2.55. The van der Waals surface area contributed by atoms with E-state index in [0.717, 1.165) is 5.69 Å². The van der Waals surface area contributed by atoms with Gasteiger partial charge < -0.3 is 14.7 Å². The van der Waals surface area contributed by atoms with E-state index in [1.807, 2.05) is 4.90 Å². The van der Waals surface area contributed by atoms with Crippen LogP contribution in [0.2, 0.25) is 0 Å². The lowest BCUT2D eigenvalue weighted by Gasteiger charge is -2.27. The average Bonchev–Trinajstić information content (AvgIpc) is 2.41. The van der Waals surface area contributed by atoms with Crippen LogP contribution in [0.1, 0.15) is 30.6 Å². The monoisotopic (exact) mass is 280 g/mol. The molecule has 0 unspecified atom stereocenters. The Bertz CT molecular complexity index is 483. The smallest absolute Gasteiger partial charge is 0.126 e. The number of halogens is 1. The molecule has 0 aliphatic carbocycles. The Hall–Kier alpha value is -1.64. The Morgan fingerprint density at radius 2 is 2.15 bits per heavy atom. The number of ether oxygens (including phenoxy) is 1. The second kappa shape index (κ2) is 7.83. The van der Waals surface area contributed by atoms with Crippen LogP contribution < -0.4 is 4.90 Å². The first-order valence-electron chi connectivity index (χ1n) is 6.60. The molecular weight excluding hydrogens is 259 g/mol. The topological polar surface area (TPSA) is 56.5 Å². The van der Waals surface area contributed by atoms with Gasteiger partial charge in [0.15, 0.2) is 0 Å². The van der Waals surface area contributed by atoms with Crippen molar-refractivity contribution in [1.29, 1.82) is 5.26 Å². The highest BCUT2D eigenvalue weighted by Gasteiger charge is 2.17. The largest absolute Gasteiger partial charge is 0.389 e. The first kappa shape index (κ1) is 16.4. The fourth-order valence-corrected chi connectivity index (χ4v) is 2.03. The lowest BCUT2D eigenvalue weighted by molar-refractivity contribution is 0.197. The molecular formula is C15H21FN2O2. The number of hydrogen-bond donors (Lipinski definition) is 1. The number of aliphatic hydroxyl groups is 1. The molecule has 0 aliphatic heterocycles. The van der Waals surface area contributed by atoms with E-state index in [-0.39, 0.29) is 5.82 Å². The third-order valence-corrected chi connectivity index (χ3v) is 3.16. The zero-order chi connectivity index (χ0) is 15.1. The molecule has 0 heterocycles. The van der Waals surface area contributed by atoms with Crippen molar-refractivity contribution in [2.24, 2.45) is 0 Å². The summed E-state index contributed by atoms with van der Waals surface area (Å²) in [5.74, 6) is -0.336. The van der Waals surface area contributed by atoms with Crippen LogP contribution in [0.3, 0.4) is 0 Å². The molecule has 0 aromatic heterocycles. The quantitative estimate of drug-likeness (QED) is 0.834. The Balaban J connectivity index is 3.15. The Labute approximate surface area is 119 Å².